The molecule has 33 heavy (non-hydrogen) atoms. The third kappa shape index (κ3) is 9.82. The fourth-order valence-electron chi connectivity index (χ4n) is 4.82. The van der Waals surface area contributed by atoms with Gasteiger partial charge in [0.25, 0.3) is 0 Å². The lowest BCUT2D eigenvalue weighted by atomic mass is 9.88. The highest BCUT2D eigenvalue weighted by Crippen LogP contribution is 2.25. The summed E-state index contributed by atoms with van der Waals surface area (Å²) in [4.78, 5) is 24.7. The second kappa shape index (κ2) is 14.3. The number of rotatable bonds is 15. The molecule has 2 atom stereocenters. The lowest BCUT2D eigenvalue weighted by Crippen LogP contribution is -2.21. The van der Waals surface area contributed by atoms with E-state index in [0.29, 0.717) is 17.6 Å². The number of Topliss-reactive ketones (excluding diaryl/α,β-unsaturated/α-hetero) is 2. The first-order chi connectivity index (χ1) is 15.8. The van der Waals surface area contributed by atoms with Gasteiger partial charge in [-0.25, -0.2) is 0 Å². The SMILES string of the molecule is C/C(=C\CCC1=Cc2ccccc2C(=O)C1=O)CCC[C@H](C)CCC[C@H](C)CCCC(C)C. The van der Waals surface area contributed by atoms with Crippen molar-refractivity contribution in [3.63, 3.8) is 0 Å². The normalized spacial score (nSPS) is 16.1. The van der Waals surface area contributed by atoms with Crippen LogP contribution < -0.4 is 0 Å². The van der Waals surface area contributed by atoms with E-state index in [4.69, 9.17) is 0 Å². The van der Waals surface area contributed by atoms with Gasteiger partial charge >= 0.3 is 0 Å². The van der Waals surface area contributed by atoms with Gasteiger partial charge in [0.1, 0.15) is 0 Å². The van der Waals surface area contributed by atoms with Crippen LogP contribution in [-0.4, -0.2) is 11.6 Å². The topological polar surface area (TPSA) is 34.1 Å². The van der Waals surface area contributed by atoms with Gasteiger partial charge in [-0.15, -0.1) is 0 Å². The van der Waals surface area contributed by atoms with E-state index in [1.165, 1.54) is 56.9 Å². The number of carbonyl (C=O) groups excluding carboxylic acids is 2. The van der Waals surface area contributed by atoms with E-state index in [9.17, 15) is 9.59 Å². The maximum atomic E-state index is 12.4. The highest BCUT2D eigenvalue weighted by Gasteiger charge is 2.26. The predicted molar refractivity (Wildman–Crippen MR) is 141 cm³/mol. The Morgan fingerprint density at radius 2 is 1.42 bits per heavy atom. The Bertz CT molecular complexity index is 827. The summed E-state index contributed by atoms with van der Waals surface area (Å²) in [5.74, 6) is 1.82. The number of hydrogen-bond acceptors (Lipinski definition) is 2. The molecule has 0 amide bonds. The highest BCUT2D eigenvalue weighted by atomic mass is 16.2. The minimum absolute atomic E-state index is 0.331. The first-order valence-corrected chi connectivity index (χ1v) is 13.3. The third-order valence-electron chi connectivity index (χ3n) is 7.08. The van der Waals surface area contributed by atoms with Crippen molar-refractivity contribution >= 4 is 17.6 Å². The summed E-state index contributed by atoms with van der Waals surface area (Å²) in [5.41, 5.74) is 3.45. The molecule has 0 N–H and O–H groups in total. The number of hydrogen-bond donors (Lipinski definition) is 0. The zero-order valence-corrected chi connectivity index (χ0v) is 21.8. The molecule has 2 rings (SSSR count). The molecule has 0 fully saturated rings. The maximum absolute atomic E-state index is 12.4. The van der Waals surface area contributed by atoms with Crippen molar-refractivity contribution < 1.29 is 9.59 Å². The molecule has 2 heteroatoms. The standard InChI is InChI=1S/C31H46O2/c1-23(2)12-8-13-24(3)14-9-15-25(4)16-10-17-26(5)18-11-20-28-22-27-19-6-7-21-29(27)31(33)30(28)32/h6-7,18-19,21-25H,8-17,20H2,1-5H3/b26-18+/t24-,25-/m1/s1. The molecule has 0 bridgehead atoms. The van der Waals surface area contributed by atoms with Gasteiger partial charge in [0, 0.05) is 11.1 Å². The molecule has 0 heterocycles. The number of carbonyl (C=O) groups is 2. The summed E-state index contributed by atoms with van der Waals surface area (Å²) < 4.78 is 0. The third-order valence-corrected chi connectivity index (χ3v) is 7.08. The maximum Gasteiger partial charge on any atom is 0.233 e. The van der Waals surface area contributed by atoms with E-state index < -0.39 is 0 Å². The second-order valence-electron chi connectivity index (χ2n) is 10.9. The predicted octanol–water partition coefficient (Wildman–Crippen LogP) is 9.00. The highest BCUT2D eigenvalue weighted by molar-refractivity contribution is 6.51. The van der Waals surface area contributed by atoms with Crippen LogP contribution in [0.15, 0.2) is 41.5 Å². The first kappa shape index (κ1) is 27.3. The molecule has 0 saturated carbocycles. The molecule has 1 aliphatic rings. The Labute approximate surface area is 202 Å². The van der Waals surface area contributed by atoms with Gasteiger partial charge < -0.3 is 0 Å². The summed E-state index contributed by atoms with van der Waals surface area (Å²) in [6, 6.07) is 7.37. The molecule has 1 aromatic carbocycles. The summed E-state index contributed by atoms with van der Waals surface area (Å²) in [5, 5.41) is 0. The van der Waals surface area contributed by atoms with Crippen molar-refractivity contribution in [2.24, 2.45) is 17.8 Å². The van der Waals surface area contributed by atoms with Gasteiger partial charge in [-0.05, 0) is 62.0 Å². The summed E-state index contributed by atoms with van der Waals surface area (Å²) in [6.45, 7) is 11.7. The van der Waals surface area contributed by atoms with E-state index in [2.05, 4.69) is 40.7 Å². The van der Waals surface area contributed by atoms with Gasteiger partial charge in [0.05, 0.1) is 0 Å². The van der Waals surface area contributed by atoms with Crippen LogP contribution in [0.5, 0.6) is 0 Å². The van der Waals surface area contributed by atoms with Crippen LogP contribution in [-0.2, 0) is 4.79 Å². The fraction of sp³-hybridized carbons (Fsp3) is 0.613. The molecule has 0 spiro atoms. The van der Waals surface area contributed by atoms with Crippen LogP contribution >= 0.6 is 0 Å². The van der Waals surface area contributed by atoms with E-state index in [1.807, 2.05) is 24.3 Å². The van der Waals surface area contributed by atoms with Gasteiger partial charge in [-0.2, -0.15) is 0 Å². The average molecular weight is 451 g/mol. The molecule has 1 aromatic rings. The van der Waals surface area contributed by atoms with Crippen molar-refractivity contribution in [3.8, 4) is 0 Å². The molecule has 0 unspecified atom stereocenters. The molecule has 0 radical (unpaired) electrons. The molecular weight excluding hydrogens is 404 g/mol. The van der Waals surface area contributed by atoms with E-state index in [-0.39, 0.29) is 11.6 Å². The Kier molecular flexibility index (Phi) is 11.9. The van der Waals surface area contributed by atoms with Crippen molar-refractivity contribution in [1.82, 2.24) is 0 Å². The lowest BCUT2D eigenvalue weighted by molar-refractivity contribution is -0.112. The van der Waals surface area contributed by atoms with Gasteiger partial charge in [0.2, 0.25) is 11.6 Å². The smallest absolute Gasteiger partial charge is 0.233 e. The molecule has 1 aliphatic carbocycles. The number of fused-ring (bicyclic) bond motifs is 1. The zero-order chi connectivity index (χ0) is 24.2. The summed E-state index contributed by atoms with van der Waals surface area (Å²) >= 11 is 0. The molecule has 0 aliphatic heterocycles. The van der Waals surface area contributed by atoms with Crippen molar-refractivity contribution in [2.75, 3.05) is 0 Å². The first-order valence-electron chi connectivity index (χ1n) is 13.3. The molecule has 182 valence electrons. The van der Waals surface area contributed by atoms with Gasteiger partial charge in [-0.1, -0.05) is 109 Å². The summed E-state index contributed by atoms with van der Waals surface area (Å²) in [6.07, 6.45) is 17.5. The Balaban J connectivity index is 1.62. The monoisotopic (exact) mass is 450 g/mol. The second-order valence-corrected chi connectivity index (χ2v) is 10.9. The zero-order valence-electron chi connectivity index (χ0n) is 21.8. The molecule has 0 saturated heterocycles. The Morgan fingerprint density at radius 1 is 0.818 bits per heavy atom. The molecule has 2 nitrogen and oxygen atoms in total. The number of benzene rings is 1. The van der Waals surface area contributed by atoms with Crippen LogP contribution in [0.4, 0.5) is 0 Å². The number of allylic oxidation sites excluding steroid dienone is 3. The Morgan fingerprint density at radius 3 is 2.09 bits per heavy atom. The van der Waals surface area contributed by atoms with E-state index in [0.717, 1.165) is 36.2 Å². The average Bonchev–Trinajstić information content (AvgIpc) is 2.77. The van der Waals surface area contributed by atoms with Crippen molar-refractivity contribution in [3.05, 3.63) is 52.6 Å². The largest absolute Gasteiger partial charge is 0.285 e. The lowest BCUT2D eigenvalue weighted by Gasteiger charge is -2.15. The molecular formula is C31H46O2. The van der Waals surface area contributed by atoms with Gasteiger partial charge in [-0.3, -0.25) is 9.59 Å². The van der Waals surface area contributed by atoms with Gasteiger partial charge in [0.15, 0.2) is 0 Å². The van der Waals surface area contributed by atoms with Crippen molar-refractivity contribution in [2.45, 2.75) is 105 Å². The summed E-state index contributed by atoms with van der Waals surface area (Å²) in [7, 11) is 0. The van der Waals surface area contributed by atoms with Crippen molar-refractivity contribution in [1.29, 1.82) is 0 Å². The van der Waals surface area contributed by atoms with E-state index in [1.54, 1.807) is 6.07 Å². The van der Waals surface area contributed by atoms with Crippen LogP contribution in [0.1, 0.15) is 121 Å². The fourth-order valence-corrected chi connectivity index (χ4v) is 4.82. The molecule has 0 aromatic heterocycles. The minimum atomic E-state index is -0.359. The number of ketones is 2. The van der Waals surface area contributed by atoms with Crippen LogP contribution in [0.2, 0.25) is 0 Å². The van der Waals surface area contributed by atoms with Crippen LogP contribution in [0.3, 0.4) is 0 Å². The van der Waals surface area contributed by atoms with Crippen LogP contribution in [0, 0.1) is 17.8 Å². The van der Waals surface area contributed by atoms with Crippen LogP contribution in [0.25, 0.3) is 6.08 Å². The minimum Gasteiger partial charge on any atom is -0.285 e. The quantitative estimate of drug-likeness (QED) is 0.197. The van der Waals surface area contributed by atoms with E-state index >= 15 is 0 Å². The Hall–Kier alpha value is -1.96.